The minimum atomic E-state index is -1.12. The van der Waals surface area contributed by atoms with Gasteiger partial charge in [0.2, 0.25) is 0 Å². The SMILES string of the molecule is C[Si](C)(C)NCNc1ccccc1. The summed E-state index contributed by atoms with van der Waals surface area (Å²) in [5.74, 6) is 0. The number of anilines is 1. The average molecular weight is 194 g/mol. The highest BCUT2D eigenvalue weighted by Crippen LogP contribution is 2.03. The molecule has 0 atom stereocenters. The quantitative estimate of drug-likeness (QED) is 0.568. The van der Waals surface area contributed by atoms with Gasteiger partial charge in [-0.2, -0.15) is 0 Å². The van der Waals surface area contributed by atoms with Crippen molar-refractivity contribution in [3.8, 4) is 0 Å². The molecule has 0 fully saturated rings. The van der Waals surface area contributed by atoms with Gasteiger partial charge < -0.3 is 10.3 Å². The molecule has 0 aliphatic heterocycles. The van der Waals surface area contributed by atoms with Crippen LogP contribution in [0.15, 0.2) is 30.3 Å². The van der Waals surface area contributed by atoms with E-state index < -0.39 is 8.24 Å². The van der Waals surface area contributed by atoms with E-state index in [1.807, 2.05) is 18.2 Å². The number of benzene rings is 1. The van der Waals surface area contributed by atoms with E-state index in [9.17, 15) is 0 Å². The molecule has 2 N–H and O–H groups in total. The van der Waals surface area contributed by atoms with E-state index in [2.05, 4.69) is 42.1 Å². The molecule has 0 spiro atoms. The second kappa shape index (κ2) is 4.44. The van der Waals surface area contributed by atoms with Gasteiger partial charge in [0.25, 0.3) is 0 Å². The standard InChI is InChI=1S/C10H18N2Si/c1-13(2,3)12-9-11-10-7-5-4-6-8-10/h4-8,11-12H,9H2,1-3H3. The van der Waals surface area contributed by atoms with E-state index in [1.54, 1.807) is 0 Å². The first kappa shape index (κ1) is 10.3. The first-order valence-electron chi connectivity index (χ1n) is 4.62. The maximum atomic E-state index is 3.50. The van der Waals surface area contributed by atoms with Crippen LogP contribution >= 0.6 is 0 Å². The van der Waals surface area contributed by atoms with Crippen molar-refractivity contribution in [2.45, 2.75) is 19.6 Å². The molecule has 0 amide bonds. The molecular weight excluding hydrogens is 176 g/mol. The first-order valence-corrected chi connectivity index (χ1v) is 8.12. The maximum absolute atomic E-state index is 3.50. The summed E-state index contributed by atoms with van der Waals surface area (Å²) in [4.78, 5) is 3.50. The molecule has 0 saturated carbocycles. The van der Waals surface area contributed by atoms with Gasteiger partial charge in [0.1, 0.15) is 8.24 Å². The molecule has 2 nitrogen and oxygen atoms in total. The molecule has 13 heavy (non-hydrogen) atoms. The Balaban J connectivity index is 2.29. The van der Waals surface area contributed by atoms with Crippen molar-refractivity contribution < 1.29 is 0 Å². The van der Waals surface area contributed by atoms with E-state index in [1.165, 1.54) is 5.69 Å². The molecule has 1 aromatic carbocycles. The fourth-order valence-electron chi connectivity index (χ4n) is 0.967. The zero-order valence-electron chi connectivity index (χ0n) is 8.59. The van der Waals surface area contributed by atoms with Gasteiger partial charge in [0, 0.05) is 5.69 Å². The van der Waals surface area contributed by atoms with Crippen LogP contribution in [-0.2, 0) is 0 Å². The van der Waals surface area contributed by atoms with Gasteiger partial charge in [-0.05, 0) is 12.1 Å². The maximum Gasteiger partial charge on any atom is 0.117 e. The molecule has 0 aliphatic rings. The Morgan fingerprint density at radius 1 is 1.08 bits per heavy atom. The Morgan fingerprint density at radius 2 is 1.69 bits per heavy atom. The molecule has 0 bridgehead atoms. The normalized spacial score (nSPS) is 11.3. The number of para-hydroxylation sites is 1. The first-order chi connectivity index (χ1) is 6.08. The zero-order valence-corrected chi connectivity index (χ0v) is 9.59. The molecule has 3 heteroatoms. The van der Waals surface area contributed by atoms with E-state index in [-0.39, 0.29) is 0 Å². The van der Waals surface area contributed by atoms with Crippen molar-refractivity contribution in [1.82, 2.24) is 4.98 Å². The predicted molar refractivity (Wildman–Crippen MR) is 61.4 cm³/mol. The molecule has 1 rings (SSSR count). The minimum Gasteiger partial charge on any atom is -0.373 e. The highest BCUT2D eigenvalue weighted by atomic mass is 28.3. The second-order valence-electron chi connectivity index (χ2n) is 4.15. The van der Waals surface area contributed by atoms with Gasteiger partial charge in [-0.1, -0.05) is 37.8 Å². The number of rotatable bonds is 4. The van der Waals surface area contributed by atoms with Crippen molar-refractivity contribution in [3.05, 3.63) is 30.3 Å². The molecule has 0 aromatic heterocycles. The number of hydrogen-bond donors (Lipinski definition) is 2. The fourth-order valence-corrected chi connectivity index (χ4v) is 1.59. The van der Waals surface area contributed by atoms with Crippen molar-refractivity contribution in [3.63, 3.8) is 0 Å². The fraction of sp³-hybridized carbons (Fsp3) is 0.400. The van der Waals surface area contributed by atoms with Gasteiger partial charge in [-0.3, -0.25) is 0 Å². The Kier molecular flexibility index (Phi) is 3.51. The molecule has 1 aromatic rings. The van der Waals surface area contributed by atoms with Crippen LogP contribution in [0.1, 0.15) is 0 Å². The molecule has 0 heterocycles. The Bertz CT molecular complexity index is 241. The van der Waals surface area contributed by atoms with Crippen LogP contribution in [-0.4, -0.2) is 14.9 Å². The summed E-state index contributed by atoms with van der Waals surface area (Å²) in [6.07, 6.45) is 0. The van der Waals surface area contributed by atoms with Crippen LogP contribution in [0.5, 0.6) is 0 Å². The third-order valence-electron chi connectivity index (χ3n) is 1.69. The van der Waals surface area contributed by atoms with Crippen LogP contribution in [0.2, 0.25) is 19.6 Å². The molecule has 0 saturated heterocycles. The zero-order chi connectivity index (χ0) is 9.73. The van der Waals surface area contributed by atoms with Gasteiger partial charge in [0.05, 0.1) is 6.67 Å². The second-order valence-corrected chi connectivity index (χ2v) is 9.00. The topological polar surface area (TPSA) is 24.1 Å². The van der Waals surface area contributed by atoms with Gasteiger partial charge in [-0.25, -0.2) is 0 Å². The third kappa shape index (κ3) is 4.70. The summed E-state index contributed by atoms with van der Waals surface area (Å²) in [6.45, 7) is 7.73. The largest absolute Gasteiger partial charge is 0.373 e. The Labute approximate surface area is 81.5 Å². The molecule has 0 aliphatic carbocycles. The highest BCUT2D eigenvalue weighted by molar-refractivity contribution is 6.73. The lowest BCUT2D eigenvalue weighted by molar-refractivity contribution is 0.978. The molecular formula is C10H18N2Si. The Morgan fingerprint density at radius 3 is 2.23 bits per heavy atom. The average Bonchev–Trinajstić information content (AvgIpc) is 2.04. The van der Waals surface area contributed by atoms with Gasteiger partial charge in [0.15, 0.2) is 0 Å². The lowest BCUT2D eigenvalue weighted by Gasteiger charge is -2.18. The monoisotopic (exact) mass is 194 g/mol. The van der Waals surface area contributed by atoms with E-state index >= 15 is 0 Å². The molecule has 0 unspecified atom stereocenters. The van der Waals surface area contributed by atoms with Crippen LogP contribution in [0.4, 0.5) is 5.69 Å². The Hall–Kier alpha value is -0.803. The van der Waals surface area contributed by atoms with Crippen molar-refractivity contribution in [2.75, 3.05) is 12.0 Å². The van der Waals surface area contributed by atoms with Gasteiger partial charge in [-0.15, -0.1) is 0 Å². The van der Waals surface area contributed by atoms with Crippen LogP contribution < -0.4 is 10.3 Å². The lowest BCUT2D eigenvalue weighted by Crippen LogP contribution is -2.43. The predicted octanol–water partition coefficient (Wildman–Crippen LogP) is 2.48. The molecule has 0 radical (unpaired) electrons. The van der Waals surface area contributed by atoms with Crippen LogP contribution in [0.3, 0.4) is 0 Å². The number of hydrogen-bond acceptors (Lipinski definition) is 2. The summed E-state index contributed by atoms with van der Waals surface area (Å²) < 4.78 is 0. The van der Waals surface area contributed by atoms with Crippen molar-refractivity contribution in [1.29, 1.82) is 0 Å². The third-order valence-corrected chi connectivity index (χ3v) is 2.92. The van der Waals surface area contributed by atoms with Gasteiger partial charge >= 0.3 is 0 Å². The summed E-state index contributed by atoms with van der Waals surface area (Å²) in [6, 6.07) is 10.3. The summed E-state index contributed by atoms with van der Waals surface area (Å²) in [5, 5.41) is 3.32. The van der Waals surface area contributed by atoms with Crippen LogP contribution in [0, 0.1) is 0 Å². The van der Waals surface area contributed by atoms with Crippen molar-refractivity contribution in [2.24, 2.45) is 0 Å². The summed E-state index contributed by atoms with van der Waals surface area (Å²) >= 11 is 0. The van der Waals surface area contributed by atoms with E-state index in [4.69, 9.17) is 0 Å². The van der Waals surface area contributed by atoms with Crippen molar-refractivity contribution >= 4 is 13.9 Å². The number of nitrogens with one attached hydrogen (secondary N) is 2. The smallest absolute Gasteiger partial charge is 0.117 e. The summed E-state index contributed by atoms with van der Waals surface area (Å²) in [5.41, 5.74) is 1.17. The minimum absolute atomic E-state index is 0.861. The van der Waals surface area contributed by atoms with E-state index in [0.29, 0.717) is 0 Å². The summed E-state index contributed by atoms with van der Waals surface area (Å²) in [7, 11) is -1.12. The highest BCUT2D eigenvalue weighted by Gasteiger charge is 2.10. The lowest BCUT2D eigenvalue weighted by atomic mass is 10.3. The van der Waals surface area contributed by atoms with E-state index in [0.717, 1.165) is 6.67 Å². The van der Waals surface area contributed by atoms with Crippen LogP contribution in [0.25, 0.3) is 0 Å². The molecule has 72 valence electrons.